The maximum atomic E-state index is 15.4. The molecule has 1 saturated carbocycles. The monoisotopic (exact) mass is 655 g/mol. The van der Waals surface area contributed by atoms with Crippen molar-refractivity contribution in [3.05, 3.63) is 64.6 Å². The van der Waals surface area contributed by atoms with Crippen LogP contribution in [0.25, 0.3) is 11.0 Å². The number of carbonyl (C=O) groups excluding carboxylic acids is 2. The number of halogens is 2. The van der Waals surface area contributed by atoms with Gasteiger partial charge in [0.05, 0.1) is 54.0 Å². The number of carbonyl (C=O) groups is 3. The highest BCUT2D eigenvalue weighted by atomic mass is 35.5. The van der Waals surface area contributed by atoms with Gasteiger partial charge in [-0.2, -0.15) is 0 Å². The summed E-state index contributed by atoms with van der Waals surface area (Å²) in [6.45, 7) is 3.86. The van der Waals surface area contributed by atoms with Crippen molar-refractivity contribution in [2.75, 3.05) is 44.8 Å². The number of rotatable bonds is 9. The maximum absolute atomic E-state index is 15.4. The quantitative estimate of drug-likeness (QED) is 0.316. The molecule has 246 valence electrons. The van der Waals surface area contributed by atoms with E-state index in [0.29, 0.717) is 68.6 Å². The van der Waals surface area contributed by atoms with E-state index in [1.54, 1.807) is 29.2 Å². The van der Waals surface area contributed by atoms with E-state index in [1.807, 2.05) is 0 Å². The number of likely N-dealkylation sites (tertiary alicyclic amines) is 1. The zero-order valence-corrected chi connectivity index (χ0v) is 26.3. The molecular formula is C34H39ClFN3O7. The molecule has 0 bridgehead atoms. The van der Waals surface area contributed by atoms with Crippen molar-refractivity contribution < 1.29 is 37.8 Å². The minimum atomic E-state index is -0.760. The molecule has 10 nitrogen and oxygen atoms in total. The molecule has 3 aliphatic rings. The predicted molar refractivity (Wildman–Crippen MR) is 170 cm³/mol. The third kappa shape index (κ3) is 7.38. The van der Waals surface area contributed by atoms with Crippen molar-refractivity contribution >= 4 is 46.0 Å². The first-order valence-electron chi connectivity index (χ1n) is 16.0. The van der Waals surface area contributed by atoms with Crippen LogP contribution in [0.3, 0.4) is 0 Å². The van der Waals surface area contributed by atoms with Gasteiger partial charge in [0, 0.05) is 37.7 Å². The average molecular weight is 656 g/mol. The number of anilines is 1. The Labute approximate surface area is 271 Å². The van der Waals surface area contributed by atoms with Gasteiger partial charge < -0.3 is 29.2 Å². The Kier molecular flexibility index (Phi) is 10.2. The molecule has 3 fully saturated rings. The number of ether oxygens (including phenoxy) is 2. The Hall–Kier alpha value is -3.51. The number of carboxylic acids is 1. The van der Waals surface area contributed by atoms with E-state index in [4.69, 9.17) is 25.5 Å². The summed E-state index contributed by atoms with van der Waals surface area (Å²) in [5.41, 5.74) is 1.09. The van der Waals surface area contributed by atoms with Gasteiger partial charge >= 0.3 is 5.97 Å². The van der Waals surface area contributed by atoms with Crippen LogP contribution in [0, 0.1) is 11.7 Å². The smallest absolute Gasteiger partial charge is 0.306 e. The van der Waals surface area contributed by atoms with Crippen LogP contribution < -0.4 is 5.32 Å². The second kappa shape index (κ2) is 14.5. The predicted octanol–water partition coefficient (Wildman–Crippen LogP) is 5.37. The van der Waals surface area contributed by atoms with Crippen molar-refractivity contribution in [1.29, 1.82) is 0 Å². The summed E-state index contributed by atoms with van der Waals surface area (Å²) in [7, 11) is 0. The minimum absolute atomic E-state index is 0.0442. The van der Waals surface area contributed by atoms with Gasteiger partial charge in [0.1, 0.15) is 17.7 Å². The first-order valence-corrected chi connectivity index (χ1v) is 16.4. The number of nitrogens with one attached hydrogen (secondary N) is 1. The lowest BCUT2D eigenvalue weighted by Crippen LogP contribution is -2.42. The number of amides is 2. The molecule has 46 heavy (non-hydrogen) atoms. The van der Waals surface area contributed by atoms with Crippen LogP contribution in [-0.2, 0) is 25.5 Å². The number of aliphatic carboxylic acids is 1. The van der Waals surface area contributed by atoms with Crippen LogP contribution in [0.4, 0.5) is 10.1 Å². The second-order valence-corrected chi connectivity index (χ2v) is 12.8. The highest BCUT2D eigenvalue weighted by Gasteiger charge is 2.39. The third-order valence-electron chi connectivity index (χ3n) is 9.49. The van der Waals surface area contributed by atoms with Crippen molar-refractivity contribution in [1.82, 2.24) is 9.80 Å². The highest BCUT2D eigenvalue weighted by Crippen LogP contribution is 2.31. The Morgan fingerprint density at radius 1 is 1.09 bits per heavy atom. The van der Waals surface area contributed by atoms with Crippen LogP contribution in [0.2, 0.25) is 5.02 Å². The van der Waals surface area contributed by atoms with E-state index in [0.717, 1.165) is 32.0 Å². The zero-order valence-electron chi connectivity index (χ0n) is 25.6. The molecule has 6 rings (SSSR count). The Bertz CT molecular complexity index is 1570. The molecule has 12 heteroatoms. The summed E-state index contributed by atoms with van der Waals surface area (Å²) in [5, 5.41) is 12.7. The number of carboxylic acid groups (broad SMARTS) is 1. The number of fused-ring (bicyclic) bond motifs is 1. The lowest BCUT2D eigenvalue weighted by Gasteiger charge is -2.30. The number of para-hydroxylation sites is 1. The molecule has 2 amide bonds. The Morgan fingerprint density at radius 2 is 1.89 bits per heavy atom. The molecular weight excluding hydrogens is 617 g/mol. The fourth-order valence-corrected chi connectivity index (χ4v) is 7.13. The number of nitrogens with zero attached hydrogens (tertiary/aromatic N) is 2. The molecule has 3 aromatic rings. The summed E-state index contributed by atoms with van der Waals surface area (Å²) in [4.78, 5) is 42.3. The van der Waals surface area contributed by atoms with E-state index in [1.165, 1.54) is 12.3 Å². The summed E-state index contributed by atoms with van der Waals surface area (Å²) in [6, 6.07) is 9.58. The first-order chi connectivity index (χ1) is 22.3. The van der Waals surface area contributed by atoms with Crippen molar-refractivity contribution in [2.45, 2.75) is 63.1 Å². The molecule has 3 heterocycles. The number of benzene rings is 2. The lowest BCUT2D eigenvalue weighted by atomic mass is 9.87. The van der Waals surface area contributed by atoms with Crippen molar-refractivity contribution in [3.8, 4) is 0 Å². The van der Waals surface area contributed by atoms with E-state index in [2.05, 4.69) is 10.2 Å². The molecule has 2 aliphatic heterocycles. The first kappa shape index (κ1) is 32.4. The van der Waals surface area contributed by atoms with Crippen molar-refractivity contribution in [3.63, 3.8) is 0 Å². The summed E-state index contributed by atoms with van der Waals surface area (Å²) in [6.07, 6.45) is 5.27. The van der Waals surface area contributed by atoms with Gasteiger partial charge in [0.2, 0.25) is 5.91 Å². The van der Waals surface area contributed by atoms with Gasteiger partial charge in [-0.15, -0.1) is 0 Å². The van der Waals surface area contributed by atoms with Crippen LogP contribution in [0.1, 0.15) is 54.4 Å². The van der Waals surface area contributed by atoms with Crippen LogP contribution in [0.15, 0.2) is 47.1 Å². The SMILES string of the molecule is O=C(Nc1cc(F)c(CC(=O)N2C[C@@H](N3CCCOCC3)C[C@H]2CO[C@H]2CC[C@H](C(=O)O)CC2)cc1Cl)c1coc2ccccc12. The molecule has 2 N–H and O–H groups in total. The molecule has 1 aliphatic carbocycles. The topological polar surface area (TPSA) is 122 Å². The fraction of sp³-hybridized carbons (Fsp3) is 0.500. The largest absolute Gasteiger partial charge is 0.481 e. The fourth-order valence-electron chi connectivity index (χ4n) is 6.90. The Balaban J connectivity index is 1.13. The van der Waals surface area contributed by atoms with Gasteiger partial charge in [0.25, 0.3) is 5.91 Å². The highest BCUT2D eigenvalue weighted by molar-refractivity contribution is 6.34. The minimum Gasteiger partial charge on any atom is -0.481 e. The molecule has 0 unspecified atom stereocenters. The number of furan rings is 1. The summed E-state index contributed by atoms with van der Waals surface area (Å²) in [5.74, 6) is -2.45. The Morgan fingerprint density at radius 3 is 2.70 bits per heavy atom. The molecule has 1 aromatic heterocycles. The van der Waals surface area contributed by atoms with Gasteiger partial charge in [-0.25, -0.2) is 4.39 Å². The van der Waals surface area contributed by atoms with Crippen molar-refractivity contribution in [2.24, 2.45) is 5.92 Å². The van der Waals surface area contributed by atoms with Gasteiger partial charge in [-0.3, -0.25) is 19.3 Å². The second-order valence-electron chi connectivity index (χ2n) is 12.4. The van der Waals surface area contributed by atoms with Crippen LogP contribution in [-0.4, -0.2) is 90.3 Å². The molecule has 0 spiro atoms. The van der Waals surface area contributed by atoms with E-state index < -0.39 is 17.7 Å². The molecule has 2 aromatic carbocycles. The lowest BCUT2D eigenvalue weighted by molar-refractivity contribution is -0.144. The summed E-state index contributed by atoms with van der Waals surface area (Å²) >= 11 is 6.50. The number of hydrogen-bond donors (Lipinski definition) is 2. The third-order valence-corrected chi connectivity index (χ3v) is 9.80. The molecule has 2 atom stereocenters. The molecule has 2 saturated heterocycles. The van der Waals surface area contributed by atoms with E-state index in [9.17, 15) is 19.5 Å². The van der Waals surface area contributed by atoms with E-state index in [-0.39, 0.29) is 52.7 Å². The van der Waals surface area contributed by atoms with Gasteiger partial charge in [-0.1, -0.05) is 29.8 Å². The van der Waals surface area contributed by atoms with Crippen LogP contribution >= 0.6 is 11.6 Å². The van der Waals surface area contributed by atoms with Gasteiger partial charge in [0.15, 0.2) is 0 Å². The van der Waals surface area contributed by atoms with Crippen LogP contribution in [0.5, 0.6) is 0 Å². The summed E-state index contributed by atoms with van der Waals surface area (Å²) < 4.78 is 32.8. The normalized spacial score (nSPS) is 24.2. The molecule has 0 radical (unpaired) electrons. The van der Waals surface area contributed by atoms with Gasteiger partial charge in [-0.05, 0) is 62.3 Å². The standard InChI is InChI=1S/C34H39ClFN3O7/c35-28-14-22(29(36)17-30(28)37-33(41)27-20-46-31-5-2-1-4-26(27)31)15-32(40)39-18-23(38-10-3-12-44-13-11-38)16-24(39)19-45-25-8-6-21(7-9-25)34(42)43/h1-2,4-5,14,17,20-21,23-25H,3,6-13,15-16,18-19H2,(H,37,41)(H,42,43)/t21-,23-,24-,25-/m0/s1. The zero-order chi connectivity index (χ0) is 32.2. The maximum Gasteiger partial charge on any atom is 0.306 e. The number of hydrogen-bond acceptors (Lipinski definition) is 7. The average Bonchev–Trinajstić information content (AvgIpc) is 3.58. The van der Waals surface area contributed by atoms with E-state index >= 15 is 4.39 Å².